The van der Waals surface area contributed by atoms with Crippen molar-refractivity contribution in [1.29, 1.82) is 0 Å². The summed E-state index contributed by atoms with van der Waals surface area (Å²) in [5.41, 5.74) is 0.406. The van der Waals surface area contributed by atoms with E-state index in [0.29, 0.717) is 65.2 Å². The Labute approximate surface area is 216 Å². The standard InChI is InChI=1S/C27H26F2N6O3/c1-14-20(35-11-5-8-18(24(35)31-14)38-12-15-16(28)6-4-7-17(15)29)23-32-21(30-13-27(37)9-10-27)19-22(33-23)34-25(36)26(19,2)3/h4-8,11,37H,9-10,12-13H2,1-3H3,(H2,30,32,33,34,36). The molecule has 38 heavy (non-hydrogen) atoms. The minimum atomic E-state index is -0.861. The average Bonchev–Trinajstić information content (AvgIpc) is 3.43. The maximum atomic E-state index is 14.1. The van der Waals surface area contributed by atoms with E-state index in [2.05, 4.69) is 20.6 Å². The van der Waals surface area contributed by atoms with Gasteiger partial charge in [-0.1, -0.05) is 6.07 Å². The molecular formula is C27H26F2N6O3. The second kappa shape index (κ2) is 8.45. The summed E-state index contributed by atoms with van der Waals surface area (Å²) in [5, 5.41) is 16.5. The Morgan fingerprint density at radius 2 is 1.87 bits per heavy atom. The van der Waals surface area contributed by atoms with Crippen LogP contribution in [0.2, 0.25) is 0 Å². The van der Waals surface area contributed by atoms with Crippen molar-refractivity contribution in [3.63, 3.8) is 0 Å². The van der Waals surface area contributed by atoms with E-state index >= 15 is 0 Å². The Morgan fingerprint density at radius 1 is 1.13 bits per heavy atom. The maximum absolute atomic E-state index is 14.1. The van der Waals surface area contributed by atoms with Crippen LogP contribution in [-0.4, -0.2) is 42.5 Å². The number of fused-ring (bicyclic) bond motifs is 2. The summed E-state index contributed by atoms with van der Waals surface area (Å²) in [6.45, 7) is 5.39. The van der Waals surface area contributed by atoms with E-state index in [1.165, 1.54) is 18.2 Å². The van der Waals surface area contributed by atoms with Crippen LogP contribution >= 0.6 is 0 Å². The average molecular weight is 521 g/mol. The monoisotopic (exact) mass is 520 g/mol. The molecule has 11 heteroatoms. The van der Waals surface area contributed by atoms with Gasteiger partial charge in [-0.2, -0.15) is 0 Å². The first-order valence-corrected chi connectivity index (χ1v) is 12.3. The van der Waals surface area contributed by atoms with Gasteiger partial charge in [0.25, 0.3) is 0 Å². The van der Waals surface area contributed by atoms with E-state index in [9.17, 15) is 18.7 Å². The highest BCUT2D eigenvalue weighted by Crippen LogP contribution is 2.43. The first-order valence-electron chi connectivity index (χ1n) is 12.3. The van der Waals surface area contributed by atoms with E-state index in [0.717, 1.165) is 0 Å². The number of amides is 1. The molecule has 0 saturated heterocycles. The van der Waals surface area contributed by atoms with Crippen LogP contribution in [0.3, 0.4) is 0 Å². The molecule has 3 aromatic heterocycles. The number of hydrogen-bond donors (Lipinski definition) is 3. The first-order chi connectivity index (χ1) is 18.1. The number of halogens is 2. The molecule has 0 spiro atoms. The summed E-state index contributed by atoms with van der Waals surface area (Å²) in [6.07, 6.45) is 3.17. The zero-order chi connectivity index (χ0) is 26.8. The van der Waals surface area contributed by atoms with E-state index in [1.54, 1.807) is 43.5 Å². The molecule has 1 aromatic carbocycles. The van der Waals surface area contributed by atoms with Crippen molar-refractivity contribution in [3.8, 4) is 17.3 Å². The second-order valence-corrected chi connectivity index (χ2v) is 10.4. The normalized spacial score (nSPS) is 16.8. The van der Waals surface area contributed by atoms with Gasteiger partial charge in [0.2, 0.25) is 5.91 Å². The highest BCUT2D eigenvalue weighted by molar-refractivity contribution is 6.06. The molecule has 0 unspecified atom stereocenters. The molecule has 1 aliphatic heterocycles. The van der Waals surface area contributed by atoms with E-state index in [4.69, 9.17) is 9.72 Å². The number of anilines is 2. The number of aliphatic hydroxyl groups is 1. The van der Waals surface area contributed by atoms with Crippen LogP contribution in [0.1, 0.15) is 43.5 Å². The number of benzene rings is 1. The van der Waals surface area contributed by atoms with Crippen molar-refractivity contribution in [2.45, 2.75) is 51.2 Å². The molecule has 9 nitrogen and oxygen atoms in total. The largest absolute Gasteiger partial charge is 0.485 e. The molecule has 3 N–H and O–H groups in total. The maximum Gasteiger partial charge on any atom is 0.235 e. The molecule has 4 heterocycles. The van der Waals surface area contributed by atoms with Crippen LogP contribution in [0.5, 0.6) is 5.75 Å². The number of imidazole rings is 1. The molecule has 1 aliphatic carbocycles. The number of rotatable bonds is 7. The number of pyridine rings is 1. The fraction of sp³-hybridized carbons (Fsp3) is 0.333. The molecular weight excluding hydrogens is 494 g/mol. The van der Waals surface area contributed by atoms with Gasteiger partial charge in [0.15, 0.2) is 17.2 Å². The lowest BCUT2D eigenvalue weighted by Crippen LogP contribution is -2.29. The zero-order valence-corrected chi connectivity index (χ0v) is 21.1. The van der Waals surface area contributed by atoms with Crippen LogP contribution in [0.15, 0.2) is 36.5 Å². The molecule has 1 saturated carbocycles. The number of carbonyl (C=O) groups is 1. The van der Waals surface area contributed by atoms with E-state index < -0.39 is 22.7 Å². The quantitative estimate of drug-likeness (QED) is 0.336. The van der Waals surface area contributed by atoms with Crippen molar-refractivity contribution < 1.29 is 23.4 Å². The van der Waals surface area contributed by atoms with Gasteiger partial charge in [0.1, 0.15) is 35.6 Å². The predicted octanol–water partition coefficient (Wildman–Crippen LogP) is 4.12. The lowest BCUT2D eigenvalue weighted by atomic mass is 9.87. The topological polar surface area (TPSA) is 114 Å². The number of carbonyl (C=O) groups excluding carboxylic acids is 1. The Hall–Kier alpha value is -4.12. The highest BCUT2D eigenvalue weighted by atomic mass is 19.1. The smallest absolute Gasteiger partial charge is 0.235 e. The summed E-state index contributed by atoms with van der Waals surface area (Å²) in [5.74, 6) is -0.0755. The first kappa shape index (κ1) is 24.2. The lowest BCUT2D eigenvalue weighted by Gasteiger charge is -2.20. The van der Waals surface area contributed by atoms with Gasteiger partial charge in [0.05, 0.1) is 27.8 Å². The van der Waals surface area contributed by atoms with Gasteiger partial charge in [-0.3, -0.25) is 9.20 Å². The Morgan fingerprint density at radius 3 is 2.58 bits per heavy atom. The lowest BCUT2D eigenvalue weighted by molar-refractivity contribution is -0.119. The third-order valence-corrected chi connectivity index (χ3v) is 7.18. The summed E-state index contributed by atoms with van der Waals surface area (Å²) < 4.78 is 35.8. The third kappa shape index (κ3) is 3.94. The summed E-state index contributed by atoms with van der Waals surface area (Å²) in [4.78, 5) is 26.8. The van der Waals surface area contributed by atoms with Crippen molar-refractivity contribution in [3.05, 3.63) is 65.0 Å². The minimum Gasteiger partial charge on any atom is -0.485 e. The van der Waals surface area contributed by atoms with Gasteiger partial charge in [-0.25, -0.2) is 23.7 Å². The number of hydrogen-bond acceptors (Lipinski definition) is 7. The van der Waals surface area contributed by atoms with Crippen molar-refractivity contribution in [1.82, 2.24) is 19.4 Å². The number of nitrogens with zero attached hydrogens (tertiary/aromatic N) is 4. The van der Waals surface area contributed by atoms with Crippen molar-refractivity contribution in [2.75, 3.05) is 17.2 Å². The molecule has 0 radical (unpaired) electrons. The number of aryl methyl sites for hydroxylation is 1. The Balaban J connectivity index is 1.41. The highest BCUT2D eigenvalue weighted by Gasteiger charge is 2.45. The van der Waals surface area contributed by atoms with Gasteiger partial charge in [0, 0.05) is 12.7 Å². The van der Waals surface area contributed by atoms with Crippen LogP contribution in [0.25, 0.3) is 17.2 Å². The summed E-state index contributed by atoms with van der Waals surface area (Å²) >= 11 is 0. The number of aromatic nitrogens is 4. The fourth-order valence-electron chi connectivity index (χ4n) is 4.68. The minimum absolute atomic E-state index is 0.175. The third-order valence-electron chi connectivity index (χ3n) is 7.18. The Bertz CT molecular complexity index is 1590. The molecule has 1 amide bonds. The predicted molar refractivity (Wildman–Crippen MR) is 136 cm³/mol. The van der Waals surface area contributed by atoms with Crippen LogP contribution in [0.4, 0.5) is 20.4 Å². The van der Waals surface area contributed by atoms with Crippen molar-refractivity contribution >= 4 is 23.2 Å². The van der Waals surface area contributed by atoms with Crippen LogP contribution in [-0.2, 0) is 16.8 Å². The van der Waals surface area contributed by atoms with E-state index in [1.807, 2.05) is 0 Å². The molecule has 0 bridgehead atoms. The van der Waals surface area contributed by atoms with Crippen molar-refractivity contribution in [2.24, 2.45) is 0 Å². The van der Waals surface area contributed by atoms with E-state index in [-0.39, 0.29) is 18.1 Å². The molecule has 2 aliphatic rings. The molecule has 0 atom stereocenters. The van der Waals surface area contributed by atoms with Gasteiger partial charge in [-0.15, -0.1) is 0 Å². The summed E-state index contributed by atoms with van der Waals surface area (Å²) in [7, 11) is 0. The molecule has 196 valence electrons. The van der Waals surface area contributed by atoms with Gasteiger partial charge >= 0.3 is 0 Å². The van der Waals surface area contributed by atoms with Crippen LogP contribution < -0.4 is 15.4 Å². The molecule has 6 rings (SSSR count). The zero-order valence-electron chi connectivity index (χ0n) is 21.1. The SMILES string of the molecule is Cc1nc2c(OCc3c(F)cccc3F)cccn2c1-c1nc(NCC2(O)CC2)c2c(n1)NC(=O)C2(C)C. The van der Waals surface area contributed by atoms with Gasteiger partial charge in [-0.05, 0) is 57.9 Å². The molecule has 4 aromatic rings. The fourth-order valence-corrected chi connectivity index (χ4v) is 4.68. The summed E-state index contributed by atoms with van der Waals surface area (Å²) in [6, 6.07) is 7.05. The number of ether oxygens (including phenoxy) is 1. The second-order valence-electron chi connectivity index (χ2n) is 10.4. The number of nitrogens with one attached hydrogen (secondary N) is 2. The Kier molecular flexibility index (Phi) is 5.39. The molecule has 1 fully saturated rings. The van der Waals surface area contributed by atoms with Crippen LogP contribution in [0, 0.1) is 18.6 Å². The van der Waals surface area contributed by atoms with Gasteiger partial charge < -0.3 is 20.5 Å².